The van der Waals surface area contributed by atoms with Gasteiger partial charge in [0.2, 0.25) is 0 Å². The maximum atomic E-state index is 5.40. The zero-order valence-electron chi connectivity index (χ0n) is 8.66. The Bertz CT molecular complexity index is 447. The number of aryl methyl sites for hydroxylation is 1. The number of hydrogen-bond donors (Lipinski definition) is 1. The summed E-state index contributed by atoms with van der Waals surface area (Å²) in [6.07, 6.45) is 0. The van der Waals surface area contributed by atoms with Crippen molar-refractivity contribution < 1.29 is 4.42 Å². The van der Waals surface area contributed by atoms with Crippen molar-refractivity contribution in [2.45, 2.75) is 19.9 Å². The van der Waals surface area contributed by atoms with E-state index in [1.54, 1.807) is 0 Å². The monoisotopic (exact) mass is 190 g/mol. The molecule has 74 valence electrons. The Morgan fingerprint density at radius 2 is 2.21 bits per heavy atom. The van der Waals surface area contributed by atoms with Crippen molar-refractivity contribution in [2.75, 3.05) is 7.05 Å². The third kappa shape index (κ3) is 1.51. The quantitative estimate of drug-likeness (QED) is 0.790. The number of rotatable bonds is 2. The number of fused-ring (bicyclic) bond motifs is 1. The van der Waals surface area contributed by atoms with Crippen LogP contribution in [0.1, 0.15) is 24.4 Å². The van der Waals surface area contributed by atoms with Crippen molar-refractivity contribution in [1.29, 1.82) is 0 Å². The average molecular weight is 190 g/mol. The summed E-state index contributed by atoms with van der Waals surface area (Å²) in [5, 5.41) is 3.19. The summed E-state index contributed by atoms with van der Waals surface area (Å²) in [7, 11) is 1.95. The molecule has 3 nitrogen and oxygen atoms in total. The van der Waals surface area contributed by atoms with Crippen LogP contribution in [0.3, 0.4) is 0 Å². The van der Waals surface area contributed by atoms with Gasteiger partial charge in [0.15, 0.2) is 11.5 Å². The van der Waals surface area contributed by atoms with Crippen molar-refractivity contribution in [1.82, 2.24) is 10.3 Å². The van der Waals surface area contributed by atoms with Crippen LogP contribution in [0.15, 0.2) is 22.6 Å². The first-order valence-electron chi connectivity index (χ1n) is 4.75. The molecule has 2 aromatic rings. The lowest BCUT2D eigenvalue weighted by molar-refractivity contribution is 0.561. The Hall–Kier alpha value is -1.35. The molecule has 2 rings (SSSR count). The molecule has 1 unspecified atom stereocenters. The largest absolute Gasteiger partial charge is 0.441 e. The minimum absolute atomic E-state index is 0.344. The summed E-state index contributed by atoms with van der Waals surface area (Å²) in [6.45, 7) is 3.98. The minimum atomic E-state index is 0.344. The van der Waals surface area contributed by atoms with Crippen LogP contribution >= 0.6 is 0 Å². The van der Waals surface area contributed by atoms with E-state index in [2.05, 4.69) is 29.4 Å². The van der Waals surface area contributed by atoms with Gasteiger partial charge in [-0.15, -0.1) is 0 Å². The highest BCUT2D eigenvalue weighted by molar-refractivity contribution is 5.73. The molecule has 0 aliphatic rings. The number of hydrogen-bond acceptors (Lipinski definition) is 3. The van der Waals surface area contributed by atoms with Crippen LogP contribution in [0, 0.1) is 6.92 Å². The second-order valence-electron chi connectivity index (χ2n) is 3.47. The Labute approximate surface area is 83.1 Å². The topological polar surface area (TPSA) is 38.1 Å². The van der Waals surface area contributed by atoms with E-state index in [9.17, 15) is 0 Å². The van der Waals surface area contributed by atoms with Gasteiger partial charge in [-0.2, -0.15) is 0 Å². The second kappa shape index (κ2) is 3.42. The van der Waals surface area contributed by atoms with E-state index in [-0.39, 0.29) is 0 Å². The first-order valence-corrected chi connectivity index (χ1v) is 4.75. The Morgan fingerprint density at radius 1 is 1.43 bits per heavy atom. The summed E-state index contributed by atoms with van der Waals surface area (Å²) < 4.78 is 5.40. The van der Waals surface area contributed by atoms with Gasteiger partial charge in [0.05, 0.1) is 0 Å². The first-order chi connectivity index (χ1) is 6.70. The minimum Gasteiger partial charge on any atom is -0.441 e. The van der Waals surface area contributed by atoms with E-state index in [0.717, 1.165) is 11.1 Å². The summed E-state index contributed by atoms with van der Waals surface area (Å²) in [5.41, 5.74) is 3.02. The van der Waals surface area contributed by atoms with Gasteiger partial charge >= 0.3 is 0 Å². The molecule has 0 aliphatic carbocycles. The van der Waals surface area contributed by atoms with Crippen molar-refractivity contribution in [3.63, 3.8) is 0 Å². The Balaban J connectivity index is 2.50. The number of oxazole rings is 1. The average Bonchev–Trinajstić information content (AvgIpc) is 2.55. The number of benzene rings is 1. The lowest BCUT2D eigenvalue weighted by Gasteiger charge is -2.09. The molecular weight excluding hydrogens is 176 g/mol. The fraction of sp³-hybridized carbons (Fsp3) is 0.364. The van der Waals surface area contributed by atoms with Crippen LogP contribution in [0.4, 0.5) is 0 Å². The standard InChI is InChI=1S/C11H14N2O/c1-7(12-3)9-4-5-11-10(6-9)13-8(2)14-11/h4-7,12H,1-3H3. The van der Waals surface area contributed by atoms with Gasteiger partial charge < -0.3 is 9.73 Å². The van der Waals surface area contributed by atoms with Gasteiger partial charge in [-0.3, -0.25) is 0 Å². The number of nitrogens with zero attached hydrogens (tertiary/aromatic N) is 1. The maximum absolute atomic E-state index is 5.40. The van der Waals surface area contributed by atoms with E-state index < -0.39 is 0 Å². The molecule has 1 atom stereocenters. The first kappa shape index (κ1) is 9.21. The van der Waals surface area contributed by atoms with Crippen LogP contribution < -0.4 is 5.32 Å². The lowest BCUT2D eigenvalue weighted by Crippen LogP contribution is -2.11. The molecule has 0 saturated heterocycles. The molecule has 0 aliphatic heterocycles. The molecular formula is C11H14N2O. The molecule has 0 bridgehead atoms. The lowest BCUT2D eigenvalue weighted by atomic mass is 10.1. The summed E-state index contributed by atoms with van der Waals surface area (Å²) >= 11 is 0. The SMILES string of the molecule is CNC(C)c1ccc2oc(C)nc2c1. The highest BCUT2D eigenvalue weighted by atomic mass is 16.3. The molecule has 0 radical (unpaired) electrons. The van der Waals surface area contributed by atoms with E-state index >= 15 is 0 Å². The number of aromatic nitrogens is 1. The van der Waals surface area contributed by atoms with Gasteiger partial charge in [-0.05, 0) is 31.7 Å². The van der Waals surface area contributed by atoms with Crippen LogP contribution in [0.5, 0.6) is 0 Å². The molecule has 0 fully saturated rings. The van der Waals surface area contributed by atoms with Gasteiger partial charge in [-0.25, -0.2) is 4.98 Å². The Kier molecular flexibility index (Phi) is 2.25. The van der Waals surface area contributed by atoms with Crippen LogP contribution in [-0.4, -0.2) is 12.0 Å². The number of nitrogens with one attached hydrogen (secondary N) is 1. The molecule has 3 heteroatoms. The summed E-state index contributed by atoms with van der Waals surface area (Å²) in [5.74, 6) is 0.717. The Morgan fingerprint density at radius 3 is 2.93 bits per heavy atom. The van der Waals surface area contributed by atoms with Gasteiger partial charge in [0.25, 0.3) is 0 Å². The van der Waals surface area contributed by atoms with E-state index in [0.29, 0.717) is 11.9 Å². The molecule has 1 heterocycles. The van der Waals surface area contributed by atoms with Gasteiger partial charge in [0.1, 0.15) is 5.52 Å². The highest BCUT2D eigenvalue weighted by Gasteiger charge is 2.06. The fourth-order valence-corrected chi connectivity index (χ4v) is 1.50. The summed E-state index contributed by atoms with van der Waals surface area (Å²) in [4.78, 5) is 4.30. The molecule has 1 aromatic carbocycles. The van der Waals surface area contributed by atoms with Crippen molar-refractivity contribution in [2.24, 2.45) is 0 Å². The molecule has 1 N–H and O–H groups in total. The fourth-order valence-electron chi connectivity index (χ4n) is 1.50. The third-order valence-corrected chi connectivity index (χ3v) is 2.45. The smallest absolute Gasteiger partial charge is 0.192 e. The van der Waals surface area contributed by atoms with E-state index in [1.807, 2.05) is 20.0 Å². The van der Waals surface area contributed by atoms with Crippen molar-refractivity contribution in [3.05, 3.63) is 29.7 Å². The van der Waals surface area contributed by atoms with Crippen molar-refractivity contribution in [3.8, 4) is 0 Å². The zero-order chi connectivity index (χ0) is 10.1. The molecule has 1 aromatic heterocycles. The predicted molar refractivity (Wildman–Crippen MR) is 56.2 cm³/mol. The predicted octanol–water partition coefficient (Wildman–Crippen LogP) is 2.42. The molecule has 0 spiro atoms. The highest BCUT2D eigenvalue weighted by Crippen LogP contribution is 2.20. The normalized spacial score (nSPS) is 13.4. The van der Waals surface area contributed by atoms with Gasteiger partial charge in [0, 0.05) is 13.0 Å². The molecule has 0 amide bonds. The van der Waals surface area contributed by atoms with Gasteiger partial charge in [-0.1, -0.05) is 6.07 Å². The van der Waals surface area contributed by atoms with E-state index in [1.165, 1.54) is 5.56 Å². The summed E-state index contributed by atoms with van der Waals surface area (Å²) in [6, 6.07) is 6.44. The third-order valence-electron chi connectivity index (χ3n) is 2.45. The van der Waals surface area contributed by atoms with Crippen molar-refractivity contribution >= 4 is 11.1 Å². The maximum Gasteiger partial charge on any atom is 0.192 e. The second-order valence-corrected chi connectivity index (χ2v) is 3.47. The molecule has 0 saturated carbocycles. The van der Waals surface area contributed by atoms with E-state index in [4.69, 9.17) is 4.42 Å². The van der Waals surface area contributed by atoms with Crippen LogP contribution in [-0.2, 0) is 0 Å². The molecule has 14 heavy (non-hydrogen) atoms. The van der Waals surface area contributed by atoms with Crippen LogP contribution in [0.2, 0.25) is 0 Å². The zero-order valence-corrected chi connectivity index (χ0v) is 8.66. The van der Waals surface area contributed by atoms with Crippen LogP contribution in [0.25, 0.3) is 11.1 Å².